The van der Waals surface area contributed by atoms with Gasteiger partial charge >= 0.3 is 6.18 Å². The van der Waals surface area contributed by atoms with E-state index >= 15 is 0 Å². The standard InChI is InChI=1S/C20H14F4N4O2S/c21-15-7-2-1-6-14(15)19(30)26-16-8-9-18(28-27-16)31-11-17(29)25-13-5-3-4-12(10-13)20(22,23)24/h1-10H,11H2,(H,25,29)(H,26,27,30). The van der Waals surface area contributed by atoms with Gasteiger partial charge in [0.1, 0.15) is 10.8 Å². The van der Waals surface area contributed by atoms with E-state index in [1.165, 1.54) is 42.5 Å². The highest BCUT2D eigenvalue weighted by Gasteiger charge is 2.30. The number of nitrogens with one attached hydrogen (secondary N) is 2. The molecule has 31 heavy (non-hydrogen) atoms. The minimum absolute atomic E-state index is 0.0257. The number of carbonyl (C=O) groups excluding carboxylic acids is 2. The second-order valence-electron chi connectivity index (χ2n) is 6.11. The lowest BCUT2D eigenvalue weighted by Gasteiger charge is -2.09. The van der Waals surface area contributed by atoms with Gasteiger partial charge in [-0.25, -0.2) is 4.39 Å². The summed E-state index contributed by atoms with van der Waals surface area (Å²) in [5, 5.41) is 12.8. The van der Waals surface area contributed by atoms with E-state index in [1.807, 2.05) is 0 Å². The van der Waals surface area contributed by atoms with Gasteiger partial charge in [0.25, 0.3) is 5.91 Å². The van der Waals surface area contributed by atoms with Crippen LogP contribution in [0.25, 0.3) is 0 Å². The molecule has 0 bridgehead atoms. The van der Waals surface area contributed by atoms with Gasteiger partial charge in [0.15, 0.2) is 5.82 Å². The smallest absolute Gasteiger partial charge is 0.325 e. The molecule has 0 aliphatic carbocycles. The number of hydrogen-bond acceptors (Lipinski definition) is 5. The average Bonchev–Trinajstić information content (AvgIpc) is 2.73. The van der Waals surface area contributed by atoms with Gasteiger partial charge in [0, 0.05) is 5.69 Å². The Kier molecular flexibility index (Phi) is 6.85. The van der Waals surface area contributed by atoms with Crippen molar-refractivity contribution in [2.24, 2.45) is 0 Å². The molecule has 160 valence electrons. The van der Waals surface area contributed by atoms with Gasteiger partial charge in [-0.15, -0.1) is 10.2 Å². The Morgan fingerprint density at radius 2 is 1.71 bits per heavy atom. The zero-order valence-corrected chi connectivity index (χ0v) is 16.4. The molecule has 6 nitrogen and oxygen atoms in total. The van der Waals surface area contributed by atoms with E-state index in [2.05, 4.69) is 20.8 Å². The van der Waals surface area contributed by atoms with Crippen molar-refractivity contribution < 1.29 is 27.2 Å². The Morgan fingerprint density at radius 3 is 2.39 bits per heavy atom. The number of anilines is 2. The van der Waals surface area contributed by atoms with Crippen molar-refractivity contribution in [1.29, 1.82) is 0 Å². The van der Waals surface area contributed by atoms with Crippen LogP contribution >= 0.6 is 11.8 Å². The van der Waals surface area contributed by atoms with Crippen LogP contribution in [0.5, 0.6) is 0 Å². The first kappa shape index (κ1) is 22.2. The Morgan fingerprint density at radius 1 is 0.935 bits per heavy atom. The van der Waals surface area contributed by atoms with Crippen LogP contribution in [0.2, 0.25) is 0 Å². The molecule has 0 saturated carbocycles. The maximum absolute atomic E-state index is 13.6. The molecule has 0 unspecified atom stereocenters. The van der Waals surface area contributed by atoms with Crippen molar-refractivity contribution in [3.8, 4) is 0 Å². The molecule has 3 rings (SSSR count). The SMILES string of the molecule is O=C(CSc1ccc(NC(=O)c2ccccc2F)nn1)Nc1cccc(C(F)(F)F)c1. The third-order valence-electron chi connectivity index (χ3n) is 3.82. The summed E-state index contributed by atoms with van der Waals surface area (Å²) < 4.78 is 51.8. The molecular weight excluding hydrogens is 436 g/mol. The van der Waals surface area contributed by atoms with Gasteiger partial charge in [-0.1, -0.05) is 30.0 Å². The molecule has 1 heterocycles. The van der Waals surface area contributed by atoms with Crippen LogP contribution in [-0.2, 0) is 11.0 Å². The summed E-state index contributed by atoms with van der Waals surface area (Å²) in [5.41, 5.74) is -0.983. The molecule has 0 spiro atoms. The van der Waals surface area contributed by atoms with Gasteiger partial charge in [0.05, 0.1) is 16.9 Å². The summed E-state index contributed by atoms with van der Waals surface area (Å²) in [4.78, 5) is 24.0. The van der Waals surface area contributed by atoms with E-state index in [0.717, 1.165) is 30.0 Å². The van der Waals surface area contributed by atoms with Crippen LogP contribution in [0.1, 0.15) is 15.9 Å². The Labute approximate surface area is 178 Å². The average molecular weight is 450 g/mol. The second-order valence-corrected chi connectivity index (χ2v) is 7.10. The van der Waals surface area contributed by atoms with Crippen LogP contribution in [0.4, 0.5) is 29.1 Å². The highest BCUT2D eigenvalue weighted by atomic mass is 32.2. The summed E-state index contributed by atoms with van der Waals surface area (Å²) in [6, 6.07) is 12.7. The Balaban J connectivity index is 1.53. The van der Waals surface area contributed by atoms with Crippen LogP contribution in [-0.4, -0.2) is 27.8 Å². The summed E-state index contributed by atoms with van der Waals surface area (Å²) >= 11 is 1.00. The minimum Gasteiger partial charge on any atom is -0.325 e. The number of halogens is 4. The fourth-order valence-electron chi connectivity index (χ4n) is 2.40. The second kappa shape index (κ2) is 9.56. The Bertz CT molecular complexity index is 1090. The molecule has 0 saturated heterocycles. The van der Waals surface area contributed by atoms with E-state index in [9.17, 15) is 27.2 Å². The third-order valence-corrected chi connectivity index (χ3v) is 4.74. The van der Waals surface area contributed by atoms with Crippen LogP contribution in [0.3, 0.4) is 0 Å². The molecule has 2 N–H and O–H groups in total. The first-order valence-corrected chi connectivity index (χ1v) is 9.70. The maximum Gasteiger partial charge on any atom is 0.416 e. The number of carbonyl (C=O) groups is 2. The lowest BCUT2D eigenvalue weighted by Crippen LogP contribution is -2.16. The molecule has 0 atom stereocenters. The molecule has 3 aromatic rings. The molecule has 0 aliphatic rings. The van der Waals surface area contributed by atoms with Crippen LogP contribution in [0, 0.1) is 5.82 Å². The fraction of sp³-hybridized carbons (Fsp3) is 0.100. The normalized spacial score (nSPS) is 11.1. The predicted octanol–water partition coefficient (Wildman–Crippen LogP) is 4.62. The molecule has 2 amide bonds. The fourth-order valence-corrected chi connectivity index (χ4v) is 3.02. The number of aromatic nitrogens is 2. The highest BCUT2D eigenvalue weighted by Crippen LogP contribution is 2.30. The van der Waals surface area contributed by atoms with Crippen LogP contribution < -0.4 is 10.6 Å². The number of hydrogen-bond donors (Lipinski definition) is 2. The molecule has 0 aliphatic heterocycles. The lowest BCUT2D eigenvalue weighted by molar-refractivity contribution is -0.137. The van der Waals surface area contributed by atoms with E-state index in [0.29, 0.717) is 5.03 Å². The predicted molar refractivity (Wildman–Crippen MR) is 107 cm³/mol. The topological polar surface area (TPSA) is 84.0 Å². The number of nitrogens with zero attached hydrogens (tertiary/aromatic N) is 2. The van der Waals surface area contributed by atoms with Crippen molar-refractivity contribution >= 4 is 35.1 Å². The maximum atomic E-state index is 13.6. The number of thioether (sulfide) groups is 1. The monoisotopic (exact) mass is 450 g/mol. The van der Waals surface area contributed by atoms with Gasteiger partial charge in [-0.05, 0) is 42.5 Å². The zero-order valence-electron chi connectivity index (χ0n) is 15.6. The van der Waals surface area contributed by atoms with E-state index < -0.39 is 29.4 Å². The van der Waals surface area contributed by atoms with Gasteiger partial charge < -0.3 is 10.6 Å². The summed E-state index contributed by atoms with van der Waals surface area (Å²) in [7, 11) is 0. The number of amides is 2. The van der Waals surface area contributed by atoms with E-state index in [1.54, 1.807) is 0 Å². The largest absolute Gasteiger partial charge is 0.416 e. The molecule has 2 aromatic carbocycles. The molecule has 11 heteroatoms. The molecule has 0 fully saturated rings. The zero-order chi connectivity index (χ0) is 22.4. The van der Waals surface area contributed by atoms with Crippen LogP contribution in [0.15, 0.2) is 65.7 Å². The van der Waals surface area contributed by atoms with E-state index in [-0.39, 0.29) is 22.8 Å². The molecule has 1 aromatic heterocycles. The lowest BCUT2D eigenvalue weighted by atomic mass is 10.2. The first-order valence-electron chi connectivity index (χ1n) is 8.72. The summed E-state index contributed by atoms with van der Waals surface area (Å²) in [6.07, 6.45) is -4.51. The number of rotatable bonds is 6. The highest BCUT2D eigenvalue weighted by molar-refractivity contribution is 7.99. The third kappa shape index (κ3) is 6.25. The summed E-state index contributed by atoms with van der Waals surface area (Å²) in [6.45, 7) is 0. The van der Waals surface area contributed by atoms with Crippen molar-refractivity contribution in [1.82, 2.24) is 10.2 Å². The molecular formula is C20H14F4N4O2S. The number of alkyl halides is 3. The van der Waals surface area contributed by atoms with Crippen molar-refractivity contribution in [3.63, 3.8) is 0 Å². The van der Waals surface area contributed by atoms with Gasteiger partial charge in [0.2, 0.25) is 5.91 Å². The van der Waals surface area contributed by atoms with Crippen molar-refractivity contribution in [2.45, 2.75) is 11.2 Å². The summed E-state index contributed by atoms with van der Waals surface area (Å²) in [5.74, 6) is -1.92. The van der Waals surface area contributed by atoms with Crippen molar-refractivity contribution in [2.75, 3.05) is 16.4 Å². The van der Waals surface area contributed by atoms with Crippen molar-refractivity contribution in [3.05, 3.63) is 77.6 Å². The number of benzene rings is 2. The van der Waals surface area contributed by atoms with E-state index in [4.69, 9.17) is 0 Å². The Hall–Kier alpha value is -3.47. The minimum atomic E-state index is -4.51. The quantitative estimate of drug-likeness (QED) is 0.423. The van der Waals surface area contributed by atoms with Gasteiger partial charge in [-0.3, -0.25) is 9.59 Å². The molecule has 0 radical (unpaired) electrons. The first-order chi connectivity index (χ1) is 14.7. The van der Waals surface area contributed by atoms with Gasteiger partial charge in [-0.2, -0.15) is 13.2 Å².